The molecule has 0 aromatic heterocycles. The third kappa shape index (κ3) is 2.67. The minimum atomic E-state index is -0.375. The highest BCUT2D eigenvalue weighted by molar-refractivity contribution is 9.10. The molecule has 0 spiro atoms. The first-order chi connectivity index (χ1) is 8.63. The molecule has 0 aliphatic carbocycles. The van der Waals surface area contributed by atoms with Gasteiger partial charge in [-0.05, 0) is 24.6 Å². The minimum absolute atomic E-state index is 0.375. The van der Waals surface area contributed by atoms with Gasteiger partial charge in [0, 0.05) is 29.8 Å². The Labute approximate surface area is 116 Å². The molecule has 98 valence electrons. The summed E-state index contributed by atoms with van der Waals surface area (Å²) in [5, 5.41) is 3.26. The lowest BCUT2D eigenvalue weighted by molar-refractivity contribution is 0.100. The van der Waals surface area contributed by atoms with Gasteiger partial charge in [-0.25, -0.2) is 0 Å². The van der Waals surface area contributed by atoms with E-state index in [1.165, 1.54) is 0 Å². The van der Waals surface area contributed by atoms with E-state index in [1.54, 1.807) is 6.07 Å². The quantitative estimate of drug-likeness (QED) is 0.871. The summed E-state index contributed by atoms with van der Waals surface area (Å²) < 4.78 is 0.878. The van der Waals surface area contributed by atoms with E-state index in [4.69, 9.17) is 5.73 Å². The lowest BCUT2D eigenvalue weighted by atomic mass is 10.1. The molecule has 1 aliphatic rings. The van der Waals surface area contributed by atoms with Gasteiger partial charge in [-0.1, -0.05) is 22.9 Å². The van der Waals surface area contributed by atoms with Crippen LogP contribution in [0.5, 0.6) is 0 Å². The summed E-state index contributed by atoms with van der Waals surface area (Å²) in [6, 6.07) is 6.19. The highest BCUT2D eigenvalue weighted by Crippen LogP contribution is 2.27. The number of nitrogens with one attached hydrogen (secondary N) is 1. The van der Waals surface area contributed by atoms with E-state index in [2.05, 4.69) is 33.1 Å². The van der Waals surface area contributed by atoms with E-state index in [1.807, 2.05) is 12.1 Å². The Morgan fingerprint density at radius 3 is 2.78 bits per heavy atom. The summed E-state index contributed by atoms with van der Waals surface area (Å²) in [7, 11) is 0. The van der Waals surface area contributed by atoms with Crippen molar-refractivity contribution in [2.75, 3.05) is 24.5 Å². The lowest BCUT2D eigenvalue weighted by Gasteiger charge is -2.40. The van der Waals surface area contributed by atoms with E-state index < -0.39 is 0 Å². The van der Waals surface area contributed by atoms with Crippen molar-refractivity contribution in [2.45, 2.75) is 19.4 Å². The summed E-state index contributed by atoms with van der Waals surface area (Å²) >= 11 is 3.38. The number of amides is 1. The summed E-state index contributed by atoms with van der Waals surface area (Å²) in [5.74, 6) is -0.375. The second-order valence-corrected chi connectivity index (χ2v) is 5.45. The predicted octanol–water partition coefficient (Wildman–Crippen LogP) is 1.74. The zero-order valence-corrected chi connectivity index (χ0v) is 12.0. The third-order valence-corrected chi connectivity index (χ3v) is 3.69. The van der Waals surface area contributed by atoms with Gasteiger partial charge in [-0.3, -0.25) is 4.79 Å². The average Bonchev–Trinajstić information content (AvgIpc) is 2.26. The monoisotopic (exact) mass is 311 g/mol. The van der Waals surface area contributed by atoms with Crippen LogP contribution in [0.3, 0.4) is 0 Å². The van der Waals surface area contributed by atoms with Crippen LogP contribution in [0.4, 0.5) is 5.69 Å². The molecule has 0 atom stereocenters. The average molecular weight is 312 g/mol. The van der Waals surface area contributed by atoms with Gasteiger partial charge in [0.15, 0.2) is 0 Å². The Balaban J connectivity index is 2.36. The molecule has 1 saturated heterocycles. The smallest absolute Gasteiger partial charge is 0.250 e. The number of benzene rings is 1. The van der Waals surface area contributed by atoms with E-state index in [0.29, 0.717) is 11.6 Å². The number of carbonyl (C=O) groups is 1. The van der Waals surface area contributed by atoms with Crippen molar-refractivity contribution < 1.29 is 4.79 Å². The molecule has 1 aromatic rings. The fourth-order valence-corrected chi connectivity index (χ4v) is 2.55. The van der Waals surface area contributed by atoms with Crippen LogP contribution in [-0.2, 0) is 0 Å². The van der Waals surface area contributed by atoms with Crippen LogP contribution in [-0.4, -0.2) is 31.6 Å². The number of nitrogens with zero attached hydrogens (tertiary/aromatic N) is 1. The van der Waals surface area contributed by atoms with Crippen molar-refractivity contribution >= 4 is 27.5 Å². The van der Waals surface area contributed by atoms with E-state index >= 15 is 0 Å². The molecule has 1 amide bonds. The van der Waals surface area contributed by atoms with Crippen molar-refractivity contribution in [1.29, 1.82) is 0 Å². The number of rotatable bonds is 5. The van der Waals surface area contributed by atoms with Crippen LogP contribution < -0.4 is 16.0 Å². The molecule has 3 N–H and O–H groups in total. The van der Waals surface area contributed by atoms with Crippen molar-refractivity contribution in [3.8, 4) is 0 Å². The zero-order valence-electron chi connectivity index (χ0n) is 10.4. The zero-order chi connectivity index (χ0) is 13.1. The molecule has 4 nitrogen and oxygen atoms in total. The van der Waals surface area contributed by atoms with Crippen LogP contribution in [0.15, 0.2) is 22.7 Å². The van der Waals surface area contributed by atoms with Gasteiger partial charge in [0.05, 0.1) is 11.6 Å². The summed E-state index contributed by atoms with van der Waals surface area (Å²) in [5.41, 5.74) is 7.01. The van der Waals surface area contributed by atoms with Crippen LogP contribution >= 0.6 is 15.9 Å². The number of hydrogen-bond donors (Lipinski definition) is 2. The summed E-state index contributed by atoms with van der Waals surface area (Å²) in [6.07, 6.45) is 1.05. The van der Waals surface area contributed by atoms with E-state index in [0.717, 1.165) is 36.2 Å². The number of halogens is 1. The van der Waals surface area contributed by atoms with Gasteiger partial charge < -0.3 is 16.0 Å². The molecule has 0 unspecified atom stereocenters. The molecule has 0 bridgehead atoms. The molecule has 0 saturated carbocycles. The van der Waals surface area contributed by atoms with Gasteiger partial charge in [-0.15, -0.1) is 0 Å². The summed E-state index contributed by atoms with van der Waals surface area (Å²) in [6.45, 7) is 5.01. The Bertz CT molecular complexity index is 446. The first-order valence-corrected chi connectivity index (χ1v) is 6.99. The SMILES string of the molecule is CCCN(c1ccc(Br)cc1C(N)=O)C1CNC1. The largest absolute Gasteiger partial charge is 0.366 e. The Morgan fingerprint density at radius 2 is 2.28 bits per heavy atom. The van der Waals surface area contributed by atoms with Crippen molar-refractivity contribution in [3.63, 3.8) is 0 Å². The molecular weight excluding hydrogens is 294 g/mol. The second-order valence-electron chi connectivity index (χ2n) is 4.53. The molecule has 2 rings (SSSR count). The van der Waals surface area contributed by atoms with Gasteiger partial charge in [0.1, 0.15) is 0 Å². The van der Waals surface area contributed by atoms with Crippen LogP contribution in [0, 0.1) is 0 Å². The highest BCUT2D eigenvalue weighted by Gasteiger charge is 2.26. The molecule has 18 heavy (non-hydrogen) atoms. The van der Waals surface area contributed by atoms with Gasteiger partial charge in [0.2, 0.25) is 0 Å². The van der Waals surface area contributed by atoms with Gasteiger partial charge >= 0.3 is 0 Å². The van der Waals surface area contributed by atoms with Gasteiger partial charge in [0.25, 0.3) is 5.91 Å². The van der Waals surface area contributed by atoms with Crippen molar-refractivity contribution in [1.82, 2.24) is 5.32 Å². The Kier molecular flexibility index (Phi) is 4.24. The fraction of sp³-hybridized carbons (Fsp3) is 0.462. The van der Waals surface area contributed by atoms with Gasteiger partial charge in [-0.2, -0.15) is 0 Å². The van der Waals surface area contributed by atoms with E-state index in [9.17, 15) is 4.79 Å². The Hall–Kier alpha value is -1.07. The number of carbonyl (C=O) groups excluding carboxylic acids is 1. The Morgan fingerprint density at radius 1 is 1.56 bits per heavy atom. The number of primary amides is 1. The number of nitrogens with two attached hydrogens (primary N) is 1. The highest BCUT2D eigenvalue weighted by atomic mass is 79.9. The lowest BCUT2D eigenvalue weighted by Crippen LogP contribution is -2.58. The molecule has 1 aliphatic heterocycles. The van der Waals surface area contributed by atoms with Crippen LogP contribution in [0.1, 0.15) is 23.7 Å². The third-order valence-electron chi connectivity index (χ3n) is 3.20. The maximum atomic E-state index is 11.6. The molecule has 0 radical (unpaired) electrons. The maximum Gasteiger partial charge on any atom is 0.250 e. The fourth-order valence-electron chi connectivity index (χ4n) is 2.19. The number of hydrogen-bond acceptors (Lipinski definition) is 3. The maximum absolute atomic E-state index is 11.6. The van der Waals surface area contributed by atoms with Crippen LogP contribution in [0.2, 0.25) is 0 Å². The molecule has 1 aromatic carbocycles. The number of anilines is 1. The molecule has 1 fully saturated rings. The van der Waals surface area contributed by atoms with Crippen molar-refractivity contribution in [3.05, 3.63) is 28.2 Å². The van der Waals surface area contributed by atoms with Crippen molar-refractivity contribution in [2.24, 2.45) is 5.73 Å². The predicted molar refractivity (Wildman–Crippen MR) is 77.0 cm³/mol. The van der Waals surface area contributed by atoms with E-state index in [-0.39, 0.29) is 5.91 Å². The first kappa shape index (κ1) is 13.4. The standard InChI is InChI=1S/C13H18BrN3O/c1-2-5-17(10-7-16-8-10)12-4-3-9(14)6-11(12)13(15)18/h3-4,6,10,16H,2,5,7-8H2,1H3,(H2,15,18). The van der Waals surface area contributed by atoms with Crippen LogP contribution in [0.25, 0.3) is 0 Å². The topological polar surface area (TPSA) is 58.4 Å². The normalized spacial score (nSPS) is 15.2. The second kappa shape index (κ2) is 5.71. The molecule has 1 heterocycles. The minimum Gasteiger partial charge on any atom is -0.366 e. The first-order valence-electron chi connectivity index (χ1n) is 6.20. The molecular formula is C13H18BrN3O. The molecule has 5 heteroatoms. The summed E-state index contributed by atoms with van der Waals surface area (Å²) in [4.78, 5) is 13.9.